The maximum Gasteiger partial charge on any atom is 0.276 e. The van der Waals surface area contributed by atoms with Crippen molar-refractivity contribution in [1.82, 2.24) is 9.55 Å². The van der Waals surface area contributed by atoms with E-state index in [1.54, 1.807) is 66.5 Å². The average molecular weight is 376 g/mol. The summed E-state index contributed by atoms with van der Waals surface area (Å²) in [6, 6.07) is 12.5. The zero-order valence-corrected chi connectivity index (χ0v) is 14.9. The molecule has 0 fully saturated rings. The third-order valence-electron chi connectivity index (χ3n) is 3.99. The number of nitro benzene ring substituents is 1. The number of rotatable bonds is 6. The van der Waals surface area contributed by atoms with Crippen LogP contribution in [0.5, 0.6) is 0 Å². The predicted molar refractivity (Wildman–Crippen MR) is 104 cm³/mol. The third kappa shape index (κ3) is 4.18. The summed E-state index contributed by atoms with van der Waals surface area (Å²) in [5.41, 5.74) is 1.19. The molecule has 2 aromatic carbocycles. The molecule has 0 atom stereocenters. The second kappa shape index (κ2) is 8.09. The Morgan fingerprint density at radius 1 is 1.14 bits per heavy atom. The number of nitrogens with one attached hydrogen (secondary N) is 1. The van der Waals surface area contributed by atoms with E-state index in [0.717, 1.165) is 0 Å². The molecule has 8 nitrogen and oxygen atoms in total. The standard InChI is InChI=1S/C20H16N4O4/c1-23-13-12-21-20(23)19(26)15-6-9-16(10-7-15)22-18(25)11-8-14-4-2-3-5-17(14)24(27)28/h2-13H,1H3,(H,22,25)/b11-8+. The Kier molecular flexibility index (Phi) is 5.40. The number of hydrogen-bond acceptors (Lipinski definition) is 5. The molecule has 0 aliphatic carbocycles. The first kappa shape index (κ1) is 18.7. The molecule has 0 saturated carbocycles. The summed E-state index contributed by atoms with van der Waals surface area (Å²) in [5.74, 6) is -0.341. The van der Waals surface area contributed by atoms with Crippen LogP contribution in [0.1, 0.15) is 21.7 Å². The van der Waals surface area contributed by atoms with Crippen LogP contribution in [-0.4, -0.2) is 26.2 Å². The number of amides is 1. The van der Waals surface area contributed by atoms with E-state index in [0.29, 0.717) is 22.6 Å². The molecule has 8 heteroatoms. The largest absolute Gasteiger partial charge is 0.331 e. The van der Waals surface area contributed by atoms with Gasteiger partial charge in [-0.2, -0.15) is 0 Å². The Hall–Kier alpha value is -4.07. The van der Waals surface area contributed by atoms with Gasteiger partial charge in [0, 0.05) is 42.8 Å². The first-order valence-electron chi connectivity index (χ1n) is 8.30. The molecule has 1 amide bonds. The number of nitrogens with zero attached hydrogens (tertiary/aromatic N) is 3. The number of carbonyl (C=O) groups is 2. The molecular formula is C20H16N4O4. The van der Waals surface area contributed by atoms with Crippen LogP contribution in [0.25, 0.3) is 6.08 Å². The first-order valence-corrected chi connectivity index (χ1v) is 8.30. The second-order valence-electron chi connectivity index (χ2n) is 5.91. The number of nitro groups is 1. The van der Waals surface area contributed by atoms with E-state index in [9.17, 15) is 19.7 Å². The van der Waals surface area contributed by atoms with Crippen LogP contribution in [-0.2, 0) is 11.8 Å². The van der Waals surface area contributed by atoms with Gasteiger partial charge in [0.25, 0.3) is 5.69 Å². The number of hydrogen-bond donors (Lipinski definition) is 1. The molecule has 0 aliphatic heterocycles. The van der Waals surface area contributed by atoms with E-state index in [-0.39, 0.29) is 11.5 Å². The highest BCUT2D eigenvalue weighted by Crippen LogP contribution is 2.19. The number of benzene rings is 2. The molecule has 1 heterocycles. The van der Waals surface area contributed by atoms with Crippen molar-refractivity contribution >= 4 is 29.1 Å². The van der Waals surface area contributed by atoms with Crippen LogP contribution in [0.15, 0.2) is 67.0 Å². The Balaban J connectivity index is 1.67. The van der Waals surface area contributed by atoms with Crippen molar-refractivity contribution in [3.05, 3.63) is 94.1 Å². The van der Waals surface area contributed by atoms with Gasteiger partial charge in [-0.25, -0.2) is 4.98 Å². The van der Waals surface area contributed by atoms with Gasteiger partial charge in [0.05, 0.1) is 10.5 Å². The summed E-state index contributed by atoms with van der Waals surface area (Å²) < 4.78 is 1.63. The Morgan fingerprint density at radius 3 is 2.50 bits per heavy atom. The van der Waals surface area contributed by atoms with Crippen molar-refractivity contribution in [2.75, 3.05) is 5.32 Å². The van der Waals surface area contributed by atoms with Gasteiger partial charge in [-0.1, -0.05) is 12.1 Å². The maximum atomic E-state index is 12.4. The molecule has 1 N–H and O–H groups in total. The molecule has 0 radical (unpaired) electrons. The zero-order chi connectivity index (χ0) is 20.1. The maximum absolute atomic E-state index is 12.4. The van der Waals surface area contributed by atoms with Crippen molar-refractivity contribution in [3.8, 4) is 0 Å². The van der Waals surface area contributed by atoms with Crippen LogP contribution in [0.3, 0.4) is 0 Å². The highest BCUT2D eigenvalue weighted by Gasteiger charge is 2.13. The SMILES string of the molecule is Cn1ccnc1C(=O)c1ccc(NC(=O)/C=C/c2ccccc2[N+](=O)[O-])cc1. The van der Waals surface area contributed by atoms with Gasteiger partial charge in [-0.15, -0.1) is 0 Å². The number of carbonyl (C=O) groups excluding carboxylic acids is 2. The molecule has 3 aromatic rings. The van der Waals surface area contributed by atoms with E-state index in [2.05, 4.69) is 10.3 Å². The van der Waals surface area contributed by atoms with Gasteiger partial charge < -0.3 is 9.88 Å². The number of anilines is 1. The van der Waals surface area contributed by atoms with Gasteiger partial charge in [0.1, 0.15) is 0 Å². The van der Waals surface area contributed by atoms with E-state index >= 15 is 0 Å². The lowest BCUT2D eigenvalue weighted by Gasteiger charge is -2.05. The fourth-order valence-corrected chi connectivity index (χ4v) is 2.56. The third-order valence-corrected chi connectivity index (χ3v) is 3.99. The lowest BCUT2D eigenvalue weighted by molar-refractivity contribution is -0.385. The summed E-state index contributed by atoms with van der Waals surface area (Å²) in [4.78, 5) is 38.9. The van der Waals surface area contributed by atoms with Crippen molar-refractivity contribution in [2.45, 2.75) is 0 Å². The highest BCUT2D eigenvalue weighted by atomic mass is 16.6. The first-order chi connectivity index (χ1) is 13.5. The Labute approximate surface area is 160 Å². The zero-order valence-electron chi connectivity index (χ0n) is 14.9. The minimum absolute atomic E-state index is 0.0799. The number of ketones is 1. The number of imidazole rings is 1. The van der Waals surface area contributed by atoms with Crippen LogP contribution in [0.4, 0.5) is 11.4 Å². The molecule has 0 bridgehead atoms. The van der Waals surface area contributed by atoms with Gasteiger partial charge in [0.15, 0.2) is 5.82 Å². The van der Waals surface area contributed by atoms with Crippen LogP contribution >= 0.6 is 0 Å². The normalized spacial score (nSPS) is 10.8. The molecule has 0 spiro atoms. The van der Waals surface area contributed by atoms with Crippen molar-refractivity contribution in [3.63, 3.8) is 0 Å². The van der Waals surface area contributed by atoms with E-state index in [1.165, 1.54) is 18.2 Å². The Bertz CT molecular complexity index is 1070. The lowest BCUT2D eigenvalue weighted by Crippen LogP contribution is -2.10. The van der Waals surface area contributed by atoms with Crippen molar-refractivity contribution in [2.24, 2.45) is 7.05 Å². The van der Waals surface area contributed by atoms with Crippen molar-refractivity contribution in [1.29, 1.82) is 0 Å². The number of aromatic nitrogens is 2. The fraction of sp³-hybridized carbons (Fsp3) is 0.0500. The summed E-state index contributed by atoms with van der Waals surface area (Å²) in [6.45, 7) is 0. The quantitative estimate of drug-likeness (QED) is 0.308. The Morgan fingerprint density at radius 2 is 1.86 bits per heavy atom. The molecular weight excluding hydrogens is 360 g/mol. The van der Waals surface area contributed by atoms with Crippen LogP contribution < -0.4 is 5.32 Å². The van der Waals surface area contributed by atoms with Crippen molar-refractivity contribution < 1.29 is 14.5 Å². The predicted octanol–water partition coefficient (Wildman–Crippen LogP) is 3.21. The fourth-order valence-electron chi connectivity index (χ4n) is 2.56. The minimum Gasteiger partial charge on any atom is -0.331 e. The second-order valence-corrected chi connectivity index (χ2v) is 5.91. The van der Waals surface area contributed by atoms with E-state index in [4.69, 9.17) is 0 Å². The average Bonchev–Trinajstić information content (AvgIpc) is 3.12. The lowest BCUT2D eigenvalue weighted by atomic mass is 10.1. The summed E-state index contributed by atoms with van der Waals surface area (Å²) in [5, 5.41) is 13.6. The van der Waals surface area contributed by atoms with E-state index in [1.807, 2.05) is 0 Å². The van der Waals surface area contributed by atoms with Gasteiger partial charge >= 0.3 is 0 Å². The summed E-state index contributed by atoms with van der Waals surface area (Å²) in [7, 11) is 1.73. The van der Waals surface area contributed by atoms with Gasteiger partial charge in [-0.3, -0.25) is 19.7 Å². The van der Waals surface area contributed by atoms with Crippen LogP contribution in [0, 0.1) is 10.1 Å². The molecule has 1 aromatic heterocycles. The number of aryl methyl sites for hydroxylation is 1. The number of para-hydroxylation sites is 1. The molecule has 28 heavy (non-hydrogen) atoms. The monoisotopic (exact) mass is 376 g/mol. The topological polar surface area (TPSA) is 107 Å². The summed E-state index contributed by atoms with van der Waals surface area (Å²) >= 11 is 0. The molecule has 140 valence electrons. The van der Waals surface area contributed by atoms with Gasteiger partial charge in [0.2, 0.25) is 11.7 Å². The smallest absolute Gasteiger partial charge is 0.276 e. The molecule has 0 aliphatic rings. The minimum atomic E-state index is -0.505. The van der Waals surface area contributed by atoms with Gasteiger partial charge in [-0.05, 0) is 36.4 Å². The molecule has 0 unspecified atom stereocenters. The highest BCUT2D eigenvalue weighted by molar-refractivity contribution is 6.07. The van der Waals surface area contributed by atoms with Crippen LogP contribution in [0.2, 0.25) is 0 Å². The molecule has 0 saturated heterocycles. The molecule has 3 rings (SSSR count). The van der Waals surface area contributed by atoms with E-state index < -0.39 is 10.8 Å². The summed E-state index contributed by atoms with van der Waals surface area (Å²) in [6.07, 6.45) is 5.83.